The normalized spacial score (nSPS) is 23.3. The van der Waals surface area contributed by atoms with E-state index in [1.165, 1.54) is 13.3 Å². The number of halogens is 1. The molecule has 2 unspecified atom stereocenters. The van der Waals surface area contributed by atoms with Crippen LogP contribution in [0.3, 0.4) is 0 Å². The van der Waals surface area contributed by atoms with E-state index in [9.17, 15) is 9.18 Å². The van der Waals surface area contributed by atoms with Crippen molar-refractivity contribution < 1.29 is 13.9 Å². The van der Waals surface area contributed by atoms with Crippen molar-refractivity contribution in [2.24, 2.45) is 5.92 Å². The van der Waals surface area contributed by atoms with Crippen molar-refractivity contribution in [2.45, 2.75) is 12.6 Å². The van der Waals surface area contributed by atoms with Crippen molar-refractivity contribution >= 4 is 11.6 Å². The zero-order valence-corrected chi connectivity index (χ0v) is 8.24. The van der Waals surface area contributed by atoms with Crippen molar-refractivity contribution in [3.63, 3.8) is 0 Å². The summed E-state index contributed by atoms with van der Waals surface area (Å²) in [5.41, 5.74) is 0.555. The summed E-state index contributed by atoms with van der Waals surface area (Å²) < 4.78 is 17.4. The predicted octanol–water partition coefficient (Wildman–Crippen LogP) is 1.39. The van der Waals surface area contributed by atoms with Gasteiger partial charge in [0.1, 0.15) is 6.17 Å². The first-order valence-electron chi connectivity index (χ1n) is 4.65. The van der Waals surface area contributed by atoms with Crippen molar-refractivity contribution in [2.75, 3.05) is 12.4 Å². The minimum Gasteiger partial charge on any atom is -0.481 e. The van der Waals surface area contributed by atoms with Gasteiger partial charge in [0.2, 0.25) is 11.8 Å². The number of nitrogens with zero attached hydrogens (tertiary/aromatic N) is 1. The summed E-state index contributed by atoms with van der Waals surface area (Å²) in [5.74, 6) is -0.288. The van der Waals surface area contributed by atoms with E-state index < -0.39 is 12.1 Å². The lowest BCUT2D eigenvalue weighted by Gasteiger charge is -2.04. The molecule has 0 aromatic carbocycles. The summed E-state index contributed by atoms with van der Waals surface area (Å²) in [4.78, 5) is 15.2. The fraction of sp³-hybridized carbons (Fsp3) is 0.400. The molecule has 2 atom stereocenters. The highest BCUT2D eigenvalue weighted by atomic mass is 19.1. The number of amides is 1. The maximum atomic E-state index is 12.6. The van der Waals surface area contributed by atoms with Gasteiger partial charge in [0.25, 0.3) is 0 Å². The predicted molar refractivity (Wildman–Crippen MR) is 52.4 cm³/mol. The monoisotopic (exact) mass is 210 g/mol. The third-order valence-electron chi connectivity index (χ3n) is 2.26. The summed E-state index contributed by atoms with van der Waals surface area (Å²) in [6.07, 6.45) is 0.832. The molecule has 5 heteroatoms. The molecule has 1 fully saturated rings. The molecule has 1 amide bonds. The maximum absolute atomic E-state index is 12.6. The van der Waals surface area contributed by atoms with Crippen molar-refractivity contribution in [1.82, 2.24) is 4.98 Å². The molecule has 0 spiro atoms. The summed E-state index contributed by atoms with van der Waals surface area (Å²) in [7, 11) is 1.51. The van der Waals surface area contributed by atoms with E-state index in [4.69, 9.17) is 4.74 Å². The number of methoxy groups -OCH3 is 1. The Kier molecular flexibility index (Phi) is 2.53. The molecule has 0 radical (unpaired) electrons. The molecular weight excluding hydrogens is 199 g/mol. The standard InChI is InChI=1S/C10H11FN2O2/c1-15-9-3-2-6(5-12-9)13-10(14)7-4-8(7)11/h2-3,5,7-8H,4H2,1H3,(H,13,14). The molecule has 80 valence electrons. The van der Waals surface area contributed by atoms with E-state index >= 15 is 0 Å². The highest BCUT2D eigenvalue weighted by molar-refractivity contribution is 5.94. The fourth-order valence-corrected chi connectivity index (χ4v) is 1.25. The van der Waals surface area contributed by atoms with Gasteiger partial charge in [-0.05, 0) is 12.5 Å². The Morgan fingerprint density at radius 1 is 1.67 bits per heavy atom. The quantitative estimate of drug-likeness (QED) is 0.820. The van der Waals surface area contributed by atoms with Crippen LogP contribution in [0.4, 0.5) is 10.1 Å². The molecule has 1 N–H and O–H groups in total. The number of carbonyl (C=O) groups is 1. The first-order chi connectivity index (χ1) is 7.20. The van der Waals surface area contributed by atoms with Crippen LogP contribution < -0.4 is 10.1 Å². The first-order valence-corrected chi connectivity index (χ1v) is 4.65. The molecule has 1 aromatic rings. The Morgan fingerprint density at radius 2 is 2.40 bits per heavy atom. The minimum absolute atomic E-state index is 0.283. The number of ether oxygens (including phenoxy) is 1. The lowest BCUT2D eigenvalue weighted by atomic mass is 10.3. The number of hydrogen-bond donors (Lipinski definition) is 1. The number of alkyl halides is 1. The van der Waals surface area contributed by atoms with E-state index in [2.05, 4.69) is 10.3 Å². The van der Waals surface area contributed by atoms with E-state index in [1.54, 1.807) is 12.1 Å². The molecule has 2 rings (SSSR count). The highest BCUT2D eigenvalue weighted by Gasteiger charge is 2.43. The maximum Gasteiger partial charge on any atom is 0.230 e. The second-order valence-electron chi connectivity index (χ2n) is 3.44. The number of aromatic nitrogens is 1. The lowest BCUT2D eigenvalue weighted by molar-refractivity contribution is -0.117. The fourth-order valence-electron chi connectivity index (χ4n) is 1.25. The van der Waals surface area contributed by atoms with Crippen LogP contribution in [0.15, 0.2) is 18.3 Å². The summed E-state index contributed by atoms with van der Waals surface area (Å²) in [5, 5.41) is 2.59. The molecule has 0 bridgehead atoms. The van der Waals surface area contributed by atoms with Gasteiger partial charge in [-0.2, -0.15) is 0 Å². The van der Waals surface area contributed by atoms with Crippen LogP contribution in [-0.2, 0) is 4.79 Å². The summed E-state index contributed by atoms with van der Waals surface area (Å²) >= 11 is 0. The molecule has 0 aliphatic heterocycles. The number of carbonyl (C=O) groups excluding carboxylic acids is 1. The molecule has 1 aromatic heterocycles. The molecule has 0 saturated heterocycles. The van der Waals surface area contributed by atoms with Gasteiger partial charge in [0.15, 0.2) is 0 Å². The van der Waals surface area contributed by atoms with Crippen LogP contribution in [0.2, 0.25) is 0 Å². The average molecular weight is 210 g/mol. The smallest absolute Gasteiger partial charge is 0.230 e. The zero-order chi connectivity index (χ0) is 10.8. The first kappa shape index (κ1) is 9.89. The molecule has 4 nitrogen and oxygen atoms in total. The number of anilines is 1. The second kappa shape index (κ2) is 3.84. The molecule has 1 heterocycles. The third kappa shape index (κ3) is 2.23. The van der Waals surface area contributed by atoms with E-state index in [0.717, 1.165) is 0 Å². The number of pyridine rings is 1. The van der Waals surface area contributed by atoms with Crippen LogP contribution >= 0.6 is 0 Å². The second-order valence-corrected chi connectivity index (χ2v) is 3.44. The van der Waals surface area contributed by atoms with E-state index in [1.807, 2.05) is 0 Å². The largest absolute Gasteiger partial charge is 0.481 e. The van der Waals surface area contributed by atoms with Gasteiger partial charge >= 0.3 is 0 Å². The van der Waals surface area contributed by atoms with Crippen molar-refractivity contribution in [1.29, 1.82) is 0 Å². The number of nitrogens with one attached hydrogen (secondary N) is 1. The average Bonchev–Trinajstić information content (AvgIpc) is 2.97. The van der Waals surface area contributed by atoms with Gasteiger partial charge in [-0.1, -0.05) is 0 Å². The van der Waals surface area contributed by atoms with E-state index in [0.29, 0.717) is 18.0 Å². The Labute approximate surface area is 86.5 Å². The Bertz CT molecular complexity index is 366. The minimum atomic E-state index is -0.976. The van der Waals surface area contributed by atoms with Crippen molar-refractivity contribution in [3.8, 4) is 5.88 Å². The van der Waals surface area contributed by atoms with Gasteiger partial charge in [-0.15, -0.1) is 0 Å². The van der Waals surface area contributed by atoms with Crippen LogP contribution in [0.1, 0.15) is 6.42 Å². The molecular formula is C10H11FN2O2. The Balaban J connectivity index is 1.95. The van der Waals surface area contributed by atoms with Gasteiger partial charge in [0, 0.05) is 6.07 Å². The van der Waals surface area contributed by atoms with Crippen LogP contribution in [-0.4, -0.2) is 24.2 Å². The Morgan fingerprint density at radius 3 is 2.87 bits per heavy atom. The van der Waals surface area contributed by atoms with Crippen LogP contribution in [0, 0.1) is 5.92 Å². The summed E-state index contributed by atoms with van der Waals surface area (Å²) in [6.45, 7) is 0. The Hall–Kier alpha value is -1.65. The number of rotatable bonds is 3. The molecule has 1 saturated carbocycles. The van der Waals surface area contributed by atoms with E-state index in [-0.39, 0.29) is 5.91 Å². The topological polar surface area (TPSA) is 51.2 Å². The van der Waals surface area contributed by atoms with Gasteiger partial charge in [-0.25, -0.2) is 9.37 Å². The van der Waals surface area contributed by atoms with Crippen LogP contribution in [0.5, 0.6) is 5.88 Å². The highest BCUT2D eigenvalue weighted by Crippen LogP contribution is 2.34. The lowest BCUT2D eigenvalue weighted by Crippen LogP contribution is -2.15. The van der Waals surface area contributed by atoms with Gasteiger partial charge in [0.05, 0.1) is 24.9 Å². The SMILES string of the molecule is COc1ccc(NC(=O)C2CC2F)cn1. The third-order valence-corrected chi connectivity index (χ3v) is 2.26. The number of hydrogen-bond acceptors (Lipinski definition) is 3. The van der Waals surface area contributed by atoms with Gasteiger partial charge < -0.3 is 10.1 Å². The van der Waals surface area contributed by atoms with Gasteiger partial charge in [-0.3, -0.25) is 4.79 Å². The van der Waals surface area contributed by atoms with Crippen LogP contribution in [0.25, 0.3) is 0 Å². The van der Waals surface area contributed by atoms with Crippen molar-refractivity contribution in [3.05, 3.63) is 18.3 Å². The summed E-state index contributed by atoms with van der Waals surface area (Å²) in [6, 6.07) is 3.30. The molecule has 1 aliphatic rings. The molecule has 1 aliphatic carbocycles. The molecule has 15 heavy (non-hydrogen) atoms. The zero-order valence-electron chi connectivity index (χ0n) is 8.24.